The van der Waals surface area contributed by atoms with Crippen molar-refractivity contribution in [3.63, 3.8) is 0 Å². The first-order chi connectivity index (χ1) is 15.1. The predicted octanol–water partition coefficient (Wildman–Crippen LogP) is 2.48. The molecule has 11 heteroatoms. The average molecular weight is 454 g/mol. The molecular formula is C20H32N5O5P. The SMILES string of the molecule is [2H]C[C@]12CO[C@@H](C1OP(OCCC#N)N(C(C)C)C(C)C)[C@H](n1cc(C)c(N)nc1=O)O2. The summed E-state index contributed by atoms with van der Waals surface area (Å²) in [5, 5.41) is 8.93. The fourth-order valence-electron chi connectivity index (χ4n) is 3.87. The number of hydrogen-bond acceptors (Lipinski definition) is 9. The Bertz CT molecular complexity index is 901. The van der Waals surface area contributed by atoms with Gasteiger partial charge in [-0.15, -0.1) is 0 Å². The molecule has 1 aromatic rings. The Balaban J connectivity index is 1.92. The molecule has 31 heavy (non-hydrogen) atoms. The third-order valence-corrected chi connectivity index (χ3v) is 7.40. The predicted molar refractivity (Wildman–Crippen MR) is 116 cm³/mol. The number of nitrogens with two attached hydrogens (primary N) is 1. The van der Waals surface area contributed by atoms with Crippen LogP contribution >= 0.6 is 8.53 Å². The second-order valence-electron chi connectivity index (χ2n) is 8.42. The maximum absolute atomic E-state index is 12.5. The summed E-state index contributed by atoms with van der Waals surface area (Å²) >= 11 is 0. The Labute approximate surface area is 185 Å². The van der Waals surface area contributed by atoms with Gasteiger partial charge in [0.15, 0.2) is 6.23 Å². The van der Waals surface area contributed by atoms with E-state index in [1.165, 1.54) is 4.57 Å². The van der Waals surface area contributed by atoms with Gasteiger partial charge in [0.25, 0.3) is 8.53 Å². The fourth-order valence-corrected chi connectivity index (χ4v) is 5.68. The number of ether oxygens (including phenoxy) is 2. The third kappa shape index (κ3) is 4.77. The molecule has 0 saturated carbocycles. The van der Waals surface area contributed by atoms with E-state index in [-0.39, 0.29) is 44.4 Å². The number of hydrogen-bond donors (Lipinski definition) is 1. The highest BCUT2D eigenvalue weighted by atomic mass is 31.2. The van der Waals surface area contributed by atoms with Crippen LogP contribution in [0, 0.1) is 18.3 Å². The van der Waals surface area contributed by atoms with Gasteiger partial charge >= 0.3 is 5.69 Å². The van der Waals surface area contributed by atoms with Gasteiger partial charge in [-0.25, -0.2) is 9.46 Å². The standard InChI is InChI=1S/C20H32N5O5P/c1-12(2)25(13(3)4)31(28-9-7-8-21)30-16-15-18(29-20(16,6)11-27-15)24-10-14(5)17(22)23-19(24)26/h10,12-13,15-16,18H,7,9,11H2,1-6H3,(H2,22,23,26)/t15-,16?,18+,20-,31?/m0/s1/i6D. The van der Waals surface area contributed by atoms with Crippen LogP contribution in [0.25, 0.3) is 0 Å². The van der Waals surface area contributed by atoms with E-state index in [1.807, 2.05) is 27.7 Å². The lowest BCUT2D eigenvalue weighted by molar-refractivity contribution is -0.167. The summed E-state index contributed by atoms with van der Waals surface area (Å²) in [5.74, 6) is 0.164. The zero-order valence-electron chi connectivity index (χ0n) is 19.6. The zero-order valence-corrected chi connectivity index (χ0v) is 19.5. The molecule has 172 valence electrons. The van der Waals surface area contributed by atoms with Crippen LogP contribution in [0.3, 0.4) is 0 Å². The van der Waals surface area contributed by atoms with E-state index < -0.39 is 38.3 Å². The second kappa shape index (κ2) is 9.49. The van der Waals surface area contributed by atoms with Crippen molar-refractivity contribution in [3.05, 3.63) is 22.2 Å². The Hall–Kier alpha value is -1.60. The van der Waals surface area contributed by atoms with Gasteiger partial charge in [-0.1, -0.05) is 0 Å². The molecule has 2 N–H and O–H groups in total. The van der Waals surface area contributed by atoms with Crippen LogP contribution in [-0.2, 0) is 18.5 Å². The summed E-state index contributed by atoms with van der Waals surface area (Å²) in [4.78, 5) is 16.4. The first-order valence-electron chi connectivity index (χ1n) is 11.0. The summed E-state index contributed by atoms with van der Waals surface area (Å²) in [6, 6.07) is 2.33. The lowest BCUT2D eigenvalue weighted by atomic mass is 10.0. The van der Waals surface area contributed by atoms with E-state index in [4.69, 9.17) is 30.9 Å². The van der Waals surface area contributed by atoms with Crippen molar-refractivity contribution in [1.29, 1.82) is 5.26 Å². The van der Waals surface area contributed by atoms with E-state index in [9.17, 15) is 4.79 Å². The second-order valence-corrected chi connectivity index (χ2v) is 9.83. The molecule has 2 fully saturated rings. The summed E-state index contributed by atoms with van der Waals surface area (Å²) < 4.78 is 36.4. The molecule has 2 aliphatic heterocycles. The first-order valence-corrected chi connectivity index (χ1v) is 11.5. The molecule has 1 aromatic heterocycles. The maximum Gasteiger partial charge on any atom is 0.351 e. The molecule has 0 spiro atoms. The molecule has 0 aromatic carbocycles. The Morgan fingerprint density at radius 3 is 2.84 bits per heavy atom. The van der Waals surface area contributed by atoms with Gasteiger partial charge in [0.05, 0.1) is 25.7 Å². The topological polar surface area (TPSA) is 125 Å². The fraction of sp³-hybridized carbons (Fsp3) is 0.750. The van der Waals surface area contributed by atoms with Gasteiger partial charge in [0.1, 0.15) is 23.6 Å². The van der Waals surface area contributed by atoms with Crippen molar-refractivity contribution >= 4 is 14.3 Å². The minimum Gasteiger partial charge on any atom is -0.383 e. The van der Waals surface area contributed by atoms with Crippen molar-refractivity contribution in [2.75, 3.05) is 18.9 Å². The molecule has 0 amide bonds. The van der Waals surface area contributed by atoms with E-state index in [0.29, 0.717) is 5.56 Å². The molecular weight excluding hydrogens is 421 g/mol. The number of aryl methyl sites for hydroxylation is 1. The summed E-state index contributed by atoms with van der Waals surface area (Å²) in [5.41, 5.74) is 4.82. The van der Waals surface area contributed by atoms with Gasteiger partial charge in [-0.3, -0.25) is 4.57 Å². The van der Waals surface area contributed by atoms with Crippen LogP contribution in [0.15, 0.2) is 11.0 Å². The van der Waals surface area contributed by atoms with Crippen molar-refractivity contribution in [2.45, 2.75) is 84.1 Å². The van der Waals surface area contributed by atoms with Gasteiger partial charge in [-0.2, -0.15) is 10.2 Å². The average Bonchev–Trinajstić information content (AvgIpc) is 3.22. The largest absolute Gasteiger partial charge is 0.383 e. The van der Waals surface area contributed by atoms with Crippen LogP contribution in [0.4, 0.5) is 5.82 Å². The Morgan fingerprint density at radius 1 is 1.52 bits per heavy atom. The molecule has 3 rings (SSSR count). The van der Waals surface area contributed by atoms with Crippen LogP contribution in [-0.4, -0.2) is 57.3 Å². The Morgan fingerprint density at radius 2 is 2.23 bits per heavy atom. The van der Waals surface area contributed by atoms with E-state index >= 15 is 0 Å². The van der Waals surface area contributed by atoms with Crippen LogP contribution < -0.4 is 11.4 Å². The summed E-state index contributed by atoms with van der Waals surface area (Å²) in [6.07, 6.45) is -0.197. The highest BCUT2D eigenvalue weighted by molar-refractivity contribution is 7.44. The maximum atomic E-state index is 12.5. The molecule has 3 heterocycles. The molecule has 2 saturated heterocycles. The van der Waals surface area contributed by atoms with Crippen molar-refractivity contribution < 1.29 is 19.9 Å². The van der Waals surface area contributed by atoms with Gasteiger partial charge in [0, 0.05) is 25.2 Å². The van der Waals surface area contributed by atoms with E-state index in [2.05, 4.69) is 15.7 Å². The van der Waals surface area contributed by atoms with Crippen molar-refractivity contribution in [2.24, 2.45) is 0 Å². The number of fused-ring (bicyclic) bond motifs is 2. The Kier molecular flexibility index (Phi) is 6.92. The van der Waals surface area contributed by atoms with Crippen molar-refractivity contribution in [3.8, 4) is 6.07 Å². The summed E-state index contributed by atoms with van der Waals surface area (Å²) in [6.45, 7) is 10.3. The monoisotopic (exact) mass is 454 g/mol. The quantitative estimate of drug-likeness (QED) is 0.442. The molecule has 2 bridgehead atoms. The van der Waals surface area contributed by atoms with Gasteiger partial charge in [0.2, 0.25) is 0 Å². The molecule has 10 nitrogen and oxygen atoms in total. The van der Waals surface area contributed by atoms with Crippen LogP contribution in [0.2, 0.25) is 0 Å². The van der Waals surface area contributed by atoms with Gasteiger partial charge in [-0.05, 0) is 41.5 Å². The third-order valence-electron chi connectivity index (χ3n) is 5.29. The number of rotatable bonds is 9. The lowest BCUT2D eigenvalue weighted by Gasteiger charge is -2.38. The number of nitrogens with zero attached hydrogens (tertiary/aromatic N) is 4. The van der Waals surface area contributed by atoms with Crippen LogP contribution in [0.1, 0.15) is 54.2 Å². The number of nitrogen functional groups attached to an aromatic ring is 1. The van der Waals surface area contributed by atoms with Crippen LogP contribution in [0.5, 0.6) is 0 Å². The number of nitriles is 1. The molecule has 5 atom stereocenters. The molecule has 0 radical (unpaired) electrons. The minimum atomic E-state index is -1.57. The lowest BCUT2D eigenvalue weighted by Crippen LogP contribution is -2.40. The first kappa shape index (κ1) is 22.6. The van der Waals surface area contributed by atoms with E-state index in [0.717, 1.165) is 0 Å². The molecule has 2 aliphatic rings. The number of anilines is 1. The highest BCUT2D eigenvalue weighted by Gasteiger charge is 2.62. The molecule has 0 aliphatic carbocycles. The molecule has 2 unspecified atom stereocenters. The van der Waals surface area contributed by atoms with E-state index in [1.54, 1.807) is 13.1 Å². The summed E-state index contributed by atoms with van der Waals surface area (Å²) in [7, 11) is -1.57. The number of aromatic nitrogens is 2. The van der Waals surface area contributed by atoms with Gasteiger partial charge < -0.3 is 24.3 Å². The normalized spacial score (nSPS) is 29.0. The smallest absolute Gasteiger partial charge is 0.351 e. The van der Waals surface area contributed by atoms with Crippen molar-refractivity contribution in [1.82, 2.24) is 14.2 Å². The zero-order chi connectivity index (χ0) is 23.6. The minimum absolute atomic E-state index is 0.106. The highest BCUT2D eigenvalue weighted by Crippen LogP contribution is 2.54.